The molecule has 2 aliphatic carbocycles. The number of nitrogens with zero attached hydrogens (tertiary/aromatic N) is 2. The molecule has 1 fully saturated rings. The number of aliphatic hydroxyl groups is 1. The van der Waals surface area contributed by atoms with Crippen molar-refractivity contribution < 1.29 is 5.11 Å². The fourth-order valence-corrected chi connectivity index (χ4v) is 5.78. The average molecular weight is 513 g/mol. The van der Waals surface area contributed by atoms with Crippen LogP contribution in [-0.4, -0.2) is 28.1 Å². The molecule has 3 aliphatic rings. The second-order valence-corrected chi connectivity index (χ2v) is 10.2. The third-order valence-corrected chi connectivity index (χ3v) is 7.81. The van der Waals surface area contributed by atoms with E-state index in [4.69, 9.17) is 5.11 Å². The molecule has 5 heteroatoms. The van der Waals surface area contributed by atoms with E-state index in [2.05, 4.69) is 39.3 Å². The van der Waals surface area contributed by atoms with Crippen molar-refractivity contribution in [2.45, 2.75) is 71.8 Å². The predicted molar refractivity (Wildman–Crippen MR) is 140 cm³/mol. The minimum atomic E-state index is 0. The molecular formula is C28H38BrN3O. The third-order valence-electron chi connectivity index (χ3n) is 7.28. The van der Waals surface area contributed by atoms with Crippen LogP contribution in [-0.2, 0) is 19.4 Å². The first-order valence-electron chi connectivity index (χ1n) is 12.1. The van der Waals surface area contributed by atoms with Gasteiger partial charge in [-0.1, -0.05) is 66.9 Å². The summed E-state index contributed by atoms with van der Waals surface area (Å²) >= 11 is 3.29. The van der Waals surface area contributed by atoms with Gasteiger partial charge in [-0.3, -0.25) is 0 Å². The van der Waals surface area contributed by atoms with Gasteiger partial charge in [-0.05, 0) is 78.8 Å². The molecular weight excluding hydrogens is 474 g/mol. The summed E-state index contributed by atoms with van der Waals surface area (Å²) in [6, 6.07) is 7.57. The summed E-state index contributed by atoms with van der Waals surface area (Å²) in [5, 5.41) is 20.9. The Morgan fingerprint density at radius 3 is 2.48 bits per heavy atom. The van der Waals surface area contributed by atoms with Gasteiger partial charge in [-0.2, -0.15) is 5.26 Å². The summed E-state index contributed by atoms with van der Waals surface area (Å²) in [5.41, 5.74) is 3.89. The highest BCUT2D eigenvalue weighted by Gasteiger charge is 2.28. The van der Waals surface area contributed by atoms with Crippen molar-refractivity contribution in [3.05, 3.63) is 56.1 Å². The number of nitrogens with one attached hydrogen (secondary N) is 1. The third kappa shape index (κ3) is 6.52. The van der Waals surface area contributed by atoms with E-state index >= 15 is 0 Å². The van der Waals surface area contributed by atoms with Crippen LogP contribution < -0.4 is 10.6 Å². The van der Waals surface area contributed by atoms with Crippen LogP contribution in [0, 0.1) is 23.3 Å². The monoisotopic (exact) mass is 511 g/mol. The van der Waals surface area contributed by atoms with Crippen molar-refractivity contribution in [3.63, 3.8) is 0 Å². The first kappa shape index (κ1) is 25.6. The zero-order chi connectivity index (χ0) is 22.3. The zero-order valence-corrected chi connectivity index (χ0v) is 20.4. The number of H-pyrrole nitrogens is 1. The maximum Gasteiger partial charge on any atom is 0.179 e. The number of aryl methyl sites for hydroxylation is 1. The van der Waals surface area contributed by atoms with Crippen molar-refractivity contribution in [2.24, 2.45) is 11.8 Å². The molecule has 2 unspecified atom stereocenters. The molecule has 0 bridgehead atoms. The van der Waals surface area contributed by atoms with E-state index in [-0.39, 0.29) is 14.0 Å². The molecule has 5 rings (SSSR count). The SMILES string of the molecule is C.N#CN1CCc2c([nH]c3c2=CCCC=3)CCC2CCCCC2C1.OCc1ccc(Br)cc1. The first-order valence-corrected chi connectivity index (χ1v) is 12.9. The van der Waals surface area contributed by atoms with Gasteiger partial charge in [0.05, 0.1) is 6.61 Å². The molecule has 0 amide bonds. The Balaban J connectivity index is 0.000000260. The highest BCUT2D eigenvalue weighted by atomic mass is 79.9. The summed E-state index contributed by atoms with van der Waals surface area (Å²) < 4.78 is 1.04. The Labute approximate surface area is 207 Å². The molecule has 0 saturated heterocycles. The van der Waals surface area contributed by atoms with Crippen molar-refractivity contribution in [2.75, 3.05) is 13.1 Å². The number of aliphatic hydroxyl groups excluding tert-OH is 1. The van der Waals surface area contributed by atoms with Crippen LogP contribution in [0.25, 0.3) is 12.2 Å². The molecule has 1 aromatic carbocycles. The second-order valence-electron chi connectivity index (χ2n) is 9.32. The maximum absolute atomic E-state index is 9.55. The van der Waals surface area contributed by atoms with Crippen LogP contribution >= 0.6 is 15.9 Å². The highest BCUT2D eigenvalue weighted by Crippen LogP contribution is 2.34. The largest absolute Gasteiger partial charge is 0.392 e. The molecule has 2 heterocycles. The molecule has 178 valence electrons. The molecule has 1 aliphatic heterocycles. The van der Waals surface area contributed by atoms with E-state index in [1.165, 1.54) is 60.4 Å². The number of hydrogen-bond acceptors (Lipinski definition) is 3. The molecule has 0 spiro atoms. The Kier molecular flexibility index (Phi) is 9.64. The summed E-state index contributed by atoms with van der Waals surface area (Å²) in [6.45, 7) is 1.98. The van der Waals surface area contributed by atoms with Crippen molar-refractivity contribution in [1.29, 1.82) is 5.26 Å². The molecule has 4 nitrogen and oxygen atoms in total. The number of nitriles is 1. The Hall–Kier alpha value is -2.03. The Morgan fingerprint density at radius 1 is 1.03 bits per heavy atom. The second kappa shape index (κ2) is 12.4. The van der Waals surface area contributed by atoms with Gasteiger partial charge in [0.1, 0.15) is 0 Å². The minimum absolute atomic E-state index is 0. The number of fused-ring (bicyclic) bond motifs is 4. The van der Waals surface area contributed by atoms with Crippen LogP contribution in [0.2, 0.25) is 0 Å². The van der Waals surface area contributed by atoms with Gasteiger partial charge in [0.25, 0.3) is 0 Å². The lowest BCUT2D eigenvalue weighted by Gasteiger charge is -2.34. The molecule has 0 radical (unpaired) electrons. The van der Waals surface area contributed by atoms with Gasteiger partial charge < -0.3 is 15.0 Å². The summed E-state index contributed by atoms with van der Waals surface area (Å²) in [5.74, 6) is 1.53. The van der Waals surface area contributed by atoms with Crippen molar-refractivity contribution in [1.82, 2.24) is 9.88 Å². The van der Waals surface area contributed by atoms with Crippen LogP contribution in [0.3, 0.4) is 0 Å². The number of benzene rings is 1. The van der Waals surface area contributed by atoms with Crippen molar-refractivity contribution in [3.8, 4) is 6.19 Å². The quantitative estimate of drug-likeness (QED) is 0.528. The van der Waals surface area contributed by atoms with Gasteiger partial charge in [-0.25, -0.2) is 0 Å². The van der Waals surface area contributed by atoms with E-state index < -0.39 is 0 Å². The maximum atomic E-state index is 9.55. The van der Waals surface area contributed by atoms with E-state index in [9.17, 15) is 5.26 Å². The number of aromatic amines is 1. The summed E-state index contributed by atoms with van der Waals surface area (Å²) in [4.78, 5) is 5.74. The number of rotatable bonds is 1. The van der Waals surface area contributed by atoms with Crippen LogP contribution in [0.4, 0.5) is 0 Å². The van der Waals surface area contributed by atoms with E-state index in [0.29, 0.717) is 0 Å². The minimum Gasteiger partial charge on any atom is -0.392 e. The molecule has 1 aromatic heterocycles. The fourth-order valence-electron chi connectivity index (χ4n) is 5.52. The van der Waals surface area contributed by atoms with Gasteiger partial charge in [0, 0.05) is 28.6 Å². The lowest BCUT2D eigenvalue weighted by atomic mass is 9.76. The van der Waals surface area contributed by atoms with Gasteiger partial charge in [0.15, 0.2) is 6.19 Å². The summed E-state index contributed by atoms with van der Waals surface area (Å²) in [6.07, 6.45) is 18.4. The smallest absolute Gasteiger partial charge is 0.179 e. The van der Waals surface area contributed by atoms with Gasteiger partial charge >= 0.3 is 0 Å². The average Bonchev–Trinajstić information content (AvgIpc) is 3.19. The number of hydrogen-bond donors (Lipinski definition) is 2. The topological polar surface area (TPSA) is 63.0 Å². The zero-order valence-electron chi connectivity index (χ0n) is 18.8. The van der Waals surface area contributed by atoms with Crippen LogP contribution in [0.15, 0.2) is 28.7 Å². The normalized spacial score (nSPS) is 21.8. The molecule has 2 aromatic rings. The standard InChI is InChI=1S/C20H27N3.C7H7BrO.CH4/c21-14-23-12-11-18-17-7-3-4-8-19(17)22-20(18)10-9-15-5-1-2-6-16(15)13-23;8-7-3-1-6(5-9)2-4-7;/h7-8,15-16,22H,1-6,9-13H2;1-4,9H,5H2;1H4. The Bertz CT molecular complexity index is 1050. The summed E-state index contributed by atoms with van der Waals surface area (Å²) in [7, 11) is 0. The predicted octanol–water partition coefficient (Wildman–Crippen LogP) is 5.03. The molecule has 1 saturated carbocycles. The van der Waals surface area contributed by atoms with E-state index in [1.807, 2.05) is 29.2 Å². The lowest BCUT2D eigenvalue weighted by molar-refractivity contribution is 0.175. The molecule has 33 heavy (non-hydrogen) atoms. The molecule has 2 N–H and O–H groups in total. The number of aromatic nitrogens is 1. The number of halogens is 1. The Morgan fingerprint density at radius 2 is 1.76 bits per heavy atom. The van der Waals surface area contributed by atoms with Gasteiger partial charge in [-0.15, -0.1) is 0 Å². The highest BCUT2D eigenvalue weighted by molar-refractivity contribution is 9.10. The van der Waals surface area contributed by atoms with E-state index in [1.54, 1.807) is 0 Å². The first-order chi connectivity index (χ1) is 15.7. The van der Waals surface area contributed by atoms with E-state index in [0.717, 1.165) is 54.2 Å². The van der Waals surface area contributed by atoms with Crippen LogP contribution in [0.1, 0.15) is 69.2 Å². The van der Waals surface area contributed by atoms with Gasteiger partial charge in [0.2, 0.25) is 0 Å². The molecule has 2 atom stereocenters. The van der Waals surface area contributed by atoms with Crippen LogP contribution in [0.5, 0.6) is 0 Å². The fraction of sp³-hybridized carbons (Fsp3) is 0.536. The lowest BCUT2D eigenvalue weighted by Crippen LogP contribution is -2.35. The van der Waals surface area contributed by atoms with Crippen molar-refractivity contribution >= 4 is 28.1 Å².